The van der Waals surface area contributed by atoms with Crippen molar-refractivity contribution < 1.29 is 0 Å². The van der Waals surface area contributed by atoms with Gasteiger partial charge in [-0.2, -0.15) is 0 Å². The number of nitrogens with zero attached hydrogens (tertiary/aromatic N) is 2. The predicted molar refractivity (Wildman–Crippen MR) is 71.1 cm³/mol. The van der Waals surface area contributed by atoms with Gasteiger partial charge in [-0.15, -0.1) is 0 Å². The Balaban J connectivity index is 2.03. The van der Waals surface area contributed by atoms with Crippen molar-refractivity contribution in [2.24, 2.45) is 0 Å². The normalized spacial score (nSPS) is 19.9. The first-order chi connectivity index (χ1) is 8.31. The smallest absolute Gasteiger partial charge is 0.0572 e. The van der Waals surface area contributed by atoms with Crippen LogP contribution in [0.5, 0.6) is 0 Å². The van der Waals surface area contributed by atoms with Crippen molar-refractivity contribution in [1.29, 1.82) is 0 Å². The molecule has 1 aromatic heterocycles. The highest BCUT2D eigenvalue weighted by Crippen LogP contribution is 2.19. The molecule has 1 atom stereocenters. The molecule has 0 aliphatic carbocycles. The summed E-state index contributed by atoms with van der Waals surface area (Å²) < 4.78 is 0. The van der Waals surface area contributed by atoms with Crippen molar-refractivity contribution in [2.75, 3.05) is 26.2 Å². The molecular formula is C14H23N3. The Morgan fingerprint density at radius 3 is 2.94 bits per heavy atom. The summed E-state index contributed by atoms with van der Waals surface area (Å²) in [6.45, 7) is 8.96. The third kappa shape index (κ3) is 3.27. The number of pyridine rings is 1. The molecule has 0 saturated carbocycles. The molecule has 3 nitrogen and oxygen atoms in total. The quantitative estimate of drug-likeness (QED) is 0.865. The van der Waals surface area contributed by atoms with E-state index in [0.717, 1.165) is 26.1 Å². The van der Waals surface area contributed by atoms with E-state index in [1.54, 1.807) is 0 Å². The number of hydrogen-bond donors (Lipinski definition) is 1. The van der Waals surface area contributed by atoms with Gasteiger partial charge in [0.2, 0.25) is 0 Å². The minimum absolute atomic E-state index is 0.431. The van der Waals surface area contributed by atoms with Gasteiger partial charge < -0.3 is 5.32 Å². The second-order valence-corrected chi connectivity index (χ2v) is 4.76. The number of aromatic nitrogens is 1. The lowest BCUT2D eigenvalue weighted by Gasteiger charge is -2.26. The summed E-state index contributed by atoms with van der Waals surface area (Å²) in [7, 11) is 0. The summed E-state index contributed by atoms with van der Waals surface area (Å²) in [6, 6.07) is 4.82. The molecule has 0 bridgehead atoms. The topological polar surface area (TPSA) is 28.2 Å². The highest BCUT2D eigenvalue weighted by atomic mass is 15.2. The summed E-state index contributed by atoms with van der Waals surface area (Å²) in [4.78, 5) is 7.11. The molecule has 1 aliphatic rings. The average molecular weight is 233 g/mol. The molecule has 0 aromatic carbocycles. The van der Waals surface area contributed by atoms with Gasteiger partial charge in [0.25, 0.3) is 0 Å². The maximum absolute atomic E-state index is 4.59. The molecule has 94 valence electrons. The largest absolute Gasteiger partial charge is 0.315 e. The van der Waals surface area contributed by atoms with Gasteiger partial charge in [0.1, 0.15) is 0 Å². The first kappa shape index (κ1) is 12.5. The molecule has 17 heavy (non-hydrogen) atoms. The Bertz CT molecular complexity index is 326. The van der Waals surface area contributed by atoms with Gasteiger partial charge in [0.15, 0.2) is 0 Å². The fourth-order valence-corrected chi connectivity index (χ4v) is 2.33. The van der Waals surface area contributed by atoms with Crippen LogP contribution < -0.4 is 5.32 Å². The zero-order valence-electron chi connectivity index (χ0n) is 10.9. The van der Waals surface area contributed by atoms with Crippen molar-refractivity contribution in [1.82, 2.24) is 15.2 Å². The second kappa shape index (κ2) is 6.12. The molecule has 1 fully saturated rings. The van der Waals surface area contributed by atoms with E-state index in [0.29, 0.717) is 6.04 Å². The number of nitrogens with one attached hydrogen (secondary N) is 1. The lowest BCUT2D eigenvalue weighted by molar-refractivity contribution is 0.221. The van der Waals surface area contributed by atoms with Crippen LogP contribution in [0.1, 0.15) is 37.6 Å². The van der Waals surface area contributed by atoms with Crippen LogP contribution in [0.15, 0.2) is 18.3 Å². The highest BCUT2D eigenvalue weighted by molar-refractivity contribution is 5.16. The fraction of sp³-hybridized carbons (Fsp3) is 0.643. The molecule has 0 amide bonds. The zero-order chi connectivity index (χ0) is 12.1. The standard InChI is InChI=1S/C14H23N3/c1-3-13-5-6-14(16-11-13)12(2)17-9-4-7-15-8-10-17/h5-6,11-12,15H,3-4,7-10H2,1-2H3. The van der Waals surface area contributed by atoms with E-state index in [1.165, 1.54) is 24.2 Å². The van der Waals surface area contributed by atoms with E-state index >= 15 is 0 Å². The molecule has 1 N–H and O–H groups in total. The molecule has 2 rings (SSSR count). The Morgan fingerprint density at radius 1 is 1.35 bits per heavy atom. The zero-order valence-corrected chi connectivity index (χ0v) is 10.9. The van der Waals surface area contributed by atoms with Gasteiger partial charge in [-0.1, -0.05) is 13.0 Å². The van der Waals surface area contributed by atoms with Crippen LogP contribution in [0.2, 0.25) is 0 Å². The summed E-state index contributed by atoms with van der Waals surface area (Å²) in [5.41, 5.74) is 2.52. The van der Waals surface area contributed by atoms with E-state index in [-0.39, 0.29) is 0 Å². The van der Waals surface area contributed by atoms with E-state index in [4.69, 9.17) is 0 Å². The molecule has 1 aliphatic heterocycles. The SMILES string of the molecule is CCc1ccc(C(C)N2CCCNCC2)nc1. The van der Waals surface area contributed by atoms with Crippen LogP contribution in [0, 0.1) is 0 Å². The van der Waals surface area contributed by atoms with Gasteiger partial charge in [-0.05, 0) is 37.9 Å². The van der Waals surface area contributed by atoms with Crippen LogP contribution in [-0.2, 0) is 6.42 Å². The van der Waals surface area contributed by atoms with Crippen molar-refractivity contribution in [3.63, 3.8) is 0 Å². The maximum atomic E-state index is 4.59. The minimum atomic E-state index is 0.431. The predicted octanol–water partition coefficient (Wildman–Crippen LogP) is 2.00. The van der Waals surface area contributed by atoms with Crippen molar-refractivity contribution >= 4 is 0 Å². The van der Waals surface area contributed by atoms with Crippen molar-refractivity contribution in [3.05, 3.63) is 29.6 Å². The molecule has 3 heteroatoms. The molecule has 1 aromatic rings. The highest BCUT2D eigenvalue weighted by Gasteiger charge is 2.17. The molecule has 1 unspecified atom stereocenters. The lowest BCUT2D eigenvalue weighted by atomic mass is 10.1. The van der Waals surface area contributed by atoms with Gasteiger partial charge in [0.05, 0.1) is 5.69 Å². The monoisotopic (exact) mass is 233 g/mol. The summed E-state index contributed by atoms with van der Waals surface area (Å²) in [5.74, 6) is 0. The minimum Gasteiger partial charge on any atom is -0.315 e. The number of aryl methyl sites for hydroxylation is 1. The summed E-state index contributed by atoms with van der Waals surface area (Å²) >= 11 is 0. The lowest BCUT2D eigenvalue weighted by Crippen LogP contribution is -2.31. The van der Waals surface area contributed by atoms with Crippen LogP contribution in [0.25, 0.3) is 0 Å². The van der Waals surface area contributed by atoms with Gasteiger partial charge in [-0.25, -0.2) is 0 Å². The Labute approximate surface area is 104 Å². The number of hydrogen-bond acceptors (Lipinski definition) is 3. The molecule has 1 saturated heterocycles. The Morgan fingerprint density at radius 2 is 2.24 bits per heavy atom. The Hall–Kier alpha value is -0.930. The van der Waals surface area contributed by atoms with Crippen LogP contribution >= 0.6 is 0 Å². The van der Waals surface area contributed by atoms with E-state index in [1.807, 2.05) is 6.20 Å². The van der Waals surface area contributed by atoms with E-state index in [9.17, 15) is 0 Å². The van der Waals surface area contributed by atoms with E-state index < -0.39 is 0 Å². The Kier molecular flexibility index (Phi) is 4.51. The van der Waals surface area contributed by atoms with Crippen LogP contribution in [0.3, 0.4) is 0 Å². The molecule has 0 radical (unpaired) electrons. The molecular weight excluding hydrogens is 210 g/mol. The summed E-state index contributed by atoms with van der Waals surface area (Å²) in [5, 5.41) is 3.44. The maximum Gasteiger partial charge on any atom is 0.0572 e. The van der Waals surface area contributed by atoms with E-state index in [2.05, 4.69) is 41.2 Å². The average Bonchev–Trinajstić information content (AvgIpc) is 2.67. The van der Waals surface area contributed by atoms with Crippen molar-refractivity contribution in [3.8, 4) is 0 Å². The third-order valence-corrected chi connectivity index (χ3v) is 3.61. The van der Waals surface area contributed by atoms with Gasteiger partial charge >= 0.3 is 0 Å². The molecule has 2 heterocycles. The van der Waals surface area contributed by atoms with Gasteiger partial charge in [-0.3, -0.25) is 9.88 Å². The molecule has 0 spiro atoms. The van der Waals surface area contributed by atoms with Crippen LogP contribution in [-0.4, -0.2) is 36.1 Å². The van der Waals surface area contributed by atoms with Crippen LogP contribution in [0.4, 0.5) is 0 Å². The first-order valence-corrected chi connectivity index (χ1v) is 6.71. The first-order valence-electron chi connectivity index (χ1n) is 6.71. The van der Waals surface area contributed by atoms with Crippen molar-refractivity contribution in [2.45, 2.75) is 32.7 Å². The third-order valence-electron chi connectivity index (χ3n) is 3.61. The number of rotatable bonds is 3. The summed E-state index contributed by atoms with van der Waals surface area (Å²) in [6.07, 6.45) is 4.31. The van der Waals surface area contributed by atoms with Gasteiger partial charge in [0, 0.05) is 31.9 Å². The fourth-order valence-electron chi connectivity index (χ4n) is 2.33. The second-order valence-electron chi connectivity index (χ2n) is 4.76.